The van der Waals surface area contributed by atoms with Crippen LogP contribution in [-0.4, -0.2) is 17.8 Å². The molecule has 2 N–H and O–H groups in total. The Morgan fingerprint density at radius 1 is 1.43 bits per heavy atom. The molecule has 74 valence electrons. The van der Waals surface area contributed by atoms with Crippen molar-refractivity contribution in [2.75, 3.05) is 11.9 Å². The zero-order valence-electron chi connectivity index (χ0n) is 7.57. The molecule has 1 aromatic rings. The molecule has 0 fully saturated rings. The van der Waals surface area contributed by atoms with Gasteiger partial charge in [0.1, 0.15) is 5.82 Å². The van der Waals surface area contributed by atoms with Crippen LogP contribution in [0.15, 0.2) is 24.3 Å². The minimum absolute atomic E-state index is 0.0915. The molecule has 0 amide bonds. The van der Waals surface area contributed by atoms with Gasteiger partial charge in [-0.3, -0.25) is 0 Å². The average Bonchev–Trinajstić information content (AvgIpc) is 2.17. The highest BCUT2D eigenvalue weighted by atomic mass is 19.1. The van der Waals surface area contributed by atoms with E-state index < -0.39 is 6.10 Å². The number of hydrogen-bond donors (Lipinski definition) is 2. The van der Waals surface area contributed by atoms with Crippen LogP contribution in [0.5, 0.6) is 0 Å². The lowest BCUT2D eigenvalue weighted by Gasteiger charge is -2.09. The summed E-state index contributed by atoms with van der Waals surface area (Å²) >= 11 is 0. The van der Waals surface area contributed by atoms with Gasteiger partial charge in [0.15, 0.2) is 0 Å². The monoisotopic (exact) mass is 194 g/mol. The molecule has 1 atom stereocenters. The van der Waals surface area contributed by atoms with Crippen LogP contribution in [0.2, 0.25) is 0 Å². The second kappa shape index (κ2) is 5.20. The molecule has 1 aromatic carbocycles. The Morgan fingerprint density at radius 2 is 2.07 bits per heavy atom. The highest BCUT2D eigenvalue weighted by molar-refractivity contribution is 5.42. The van der Waals surface area contributed by atoms with Crippen LogP contribution in [0, 0.1) is 17.1 Å². The highest BCUT2D eigenvalue weighted by Gasteiger charge is 2.02. The highest BCUT2D eigenvalue weighted by Crippen LogP contribution is 2.08. The van der Waals surface area contributed by atoms with Gasteiger partial charge in [-0.2, -0.15) is 5.26 Å². The minimum Gasteiger partial charge on any atom is -0.390 e. The molecule has 0 radical (unpaired) electrons. The van der Waals surface area contributed by atoms with E-state index in [1.54, 1.807) is 12.1 Å². The summed E-state index contributed by atoms with van der Waals surface area (Å²) in [5.74, 6) is -0.298. The second-order valence-electron chi connectivity index (χ2n) is 2.90. The van der Waals surface area contributed by atoms with Gasteiger partial charge >= 0.3 is 0 Å². The fourth-order valence-corrected chi connectivity index (χ4v) is 0.981. The lowest BCUT2D eigenvalue weighted by molar-refractivity contribution is 0.193. The Morgan fingerprint density at radius 3 is 2.64 bits per heavy atom. The van der Waals surface area contributed by atoms with E-state index in [1.807, 2.05) is 6.07 Å². The standard InChI is InChI=1S/C10H11FN2O/c11-8-1-3-9(4-2-8)13-7-10(14)5-6-12/h1-4,10,13-14H,5,7H2. The minimum atomic E-state index is -0.690. The summed E-state index contributed by atoms with van der Waals surface area (Å²) in [4.78, 5) is 0. The Bertz CT molecular complexity index is 318. The number of hydrogen-bond acceptors (Lipinski definition) is 3. The van der Waals surface area contributed by atoms with E-state index in [-0.39, 0.29) is 12.2 Å². The maximum absolute atomic E-state index is 12.5. The third kappa shape index (κ3) is 3.42. The van der Waals surface area contributed by atoms with Crippen molar-refractivity contribution in [3.8, 4) is 6.07 Å². The summed E-state index contributed by atoms with van der Waals surface area (Å²) in [7, 11) is 0. The van der Waals surface area contributed by atoms with Crippen LogP contribution in [0.3, 0.4) is 0 Å². The molecule has 0 aromatic heterocycles. The largest absolute Gasteiger partial charge is 0.390 e. The topological polar surface area (TPSA) is 56.0 Å². The molecule has 0 saturated heterocycles. The van der Waals surface area contributed by atoms with Crippen molar-refractivity contribution >= 4 is 5.69 Å². The zero-order chi connectivity index (χ0) is 10.4. The van der Waals surface area contributed by atoms with Crippen LogP contribution in [0.4, 0.5) is 10.1 Å². The van der Waals surface area contributed by atoms with Crippen LogP contribution in [-0.2, 0) is 0 Å². The van der Waals surface area contributed by atoms with Gasteiger partial charge in [0.2, 0.25) is 0 Å². The normalized spacial score (nSPS) is 11.8. The van der Waals surface area contributed by atoms with Crippen molar-refractivity contribution < 1.29 is 9.50 Å². The lowest BCUT2D eigenvalue weighted by atomic mass is 10.2. The third-order valence-corrected chi connectivity index (χ3v) is 1.71. The molecule has 0 heterocycles. The van der Waals surface area contributed by atoms with Gasteiger partial charge in [-0.1, -0.05) is 0 Å². The molecule has 0 aliphatic carbocycles. The number of aliphatic hydroxyl groups is 1. The predicted molar refractivity (Wildman–Crippen MR) is 51.1 cm³/mol. The van der Waals surface area contributed by atoms with Crippen molar-refractivity contribution in [3.05, 3.63) is 30.1 Å². The third-order valence-electron chi connectivity index (χ3n) is 1.71. The Balaban J connectivity index is 2.39. The van der Waals surface area contributed by atoms with Gasteiger partial charge in [0, 0.05) is 12.2 Å². The molecular weight excluding hydrogens is 183 g/mol. The van der Waals surface area contributed by atoms with Gasteiger partial charge in [0.25, 0.3) is 0 Å². The number of nitrogens with zero attached hydrogens (tertiary/aromatic N) is 1. The van der Waals surface area contributed by atoms with Gasteiger partial charge in [0.05, 0.1) is 18.6 Å². The molecule has 1 rings (SSSR count). The first-order valence-corrected chi connectivity index (χ1v) is 4.27. The first-order valence-electron chi connectivity index (χ1n) is 4.27. The molecule has 1 unspecified atom stereocenters. The quantitative estimate of drug-likeness (QED) is 0.763. The zero-order valence-corrected chi connectivity index (χ0v) is 7.57. The van der Waals surface area contributed by atoms with Gasteiger partial charge in [-0.25, -0.2) is 4.39 Å². The summed E-state index contributed by atoms with van der Waals surface area (Å²) in [5.41, 5.74) is 0.725. The molecular formula is C10H11FN2O. The van der Waals surface area contributed by atoms with Gasteiger partial charge in [-0.05, 0) is 24.3 Å². The summed E-state index contributed by atoms with van der Waals surface area (Å²) in [6.45, 7) is 0.291. The summed E-state index contributed by atoms with van der Waals surface area (Å²) < 4.78 is 12.5. The molecule has 0 aliphatic heterocycles. The molecule has 0 spiro atoms. The smallest absolute Gasteiger partial charge is 0.123 e. The number of halogens is 1. The van der Waals surface area contributed by atoms with Crippen LogP contribution in [0.25, 0.3) is 0 Å². The maximum atomic E-state index is 12.5. The van der Waals surface area contributed by atoms with E-state index in [0.717, 1.165) is 5.69 Å². The van der Waals surface area contributed by atoms with E-state index >= 15 is 0 Å². The number of aliphatic hydroxyl groups excluding tert-OH is 1. The van der Waals surface area contributed by atoms with E-state index in [0.29, 0.717) is 6.54 Å². The maximum Gasteiger partial charge on any atom is 0.123 e. The van der Waals surface area contributed by atoms with E-state index in [4.69, 9.17) is 5.26 Å². The molecule has 0 bridgehead atoms. The van der Waals surface area contributed by atoms with Crippen molar-refractivity contribution in [2.45, 2.75) is 12.5 Å². The van der Waals surface area contributed by atoms with E-state index in [1.165, 1.54) is 12.1 Å². The average molecular weight is 194 g/mol. The van der Waals surface area contributed by atoms with E-state index in [2.05, 4.69) is 5.32 Å². The van der Waals surface area contributed by atoms with Crippen LogP contribution < -0.4 is 5.32 Å². The summed E-state index contributed by atoms with van der Waals surface area (Å²) in [6, 6.07) is 7.68. The van der Waals surface area contributed by atoms with Crippen molar-refractivity contribution in [2.24, 2.45) is 0 Å². The number of rotatable bonds is 4. The molecule has 4 heteroatoms. The number of benzene rings is 1. The van der Waals surface area contributed by atoms with E-state index in [9.17, 15) is 9.50 Å². The number of anilines is 1. The van der Waals surface area contributed by atoms with Crippen LogP contribution in [0.1, 0.15) is 6.42 Å². The Labute approximate surface area is 81.8 Å². The molecule has 0 aliphatic rings. The summed E-state index contributed by atoms with van der Waals surface area (Å²) in [6.07, 6.45) is -0.598. The first kappa shape index (κ1) is 10.5. The fourth-order valence-electron chi connectivity index (χ4n) is 0.981. The molecule has 3 nitrogen and oxygen atoms in total. The predicted octanol–water partition coefficient (Wildman–Crippen LogP) is 1.51. The van der Waals surface area contributed by atoms with Crippen molar-refractivity contribution in [3.63, 3.8) is 0 Å². The molecule has 14 heavy (non-hydrogen) atoms. The molecule has 0 saturated carbocycles. The number of nitriles is 1. The Kier molecular flexibility index (Phi) is 3.89. The second-order valence-corrected chi connectivity index (χ2v) is 2.90. The Hall–Kier alpha value is -1.60. The number of nitrogens with one attached hydrogen (secondary N) is 1. The lowest BCUT2D eigenvalue weighted by Crippen LogP contribution is -2.18. The SMILES string of the molecule is N#CCC(O)CNc1ccc(F)cc1. The summed E-state index contributed by atoms with van der Waals surface area (Å²) in [5, 5.41) is 20.4. The first-order chi connectivity index (χ1) is 6.72. The van der Waals surface area contributed by atoms with Crippen molar-refractivity contribution in [1.29, 1.82) is 5.26 Å². The van der Waals surface area contributed by atoms with Gasteiger partial charge < -0.3 is 10.4 Å². The van der Waals surface area contributed by atoms with Crippen LogP contribution >= 0.6 is 0 Å². The van der Waals surface area contributed by atoms with Gasteiger partial charge in [-0.15, -0.1) is 0 Å². The van der Waals surface area contributed by atoms with Crippen molar-refractivity contribution in [1.82, 2.24) is 0 Å². The fraction of sp³-hybridized carbons (Fsp3) is 0.300.